The molecule has 140 valence electrons. The Morgan fingerprint density at radius 3 is 2.78 bits per heavy atom. The minimum Gasteiger partial charge on any atom is -0.423 e. The Balaban J connectivity index is 1.69. The van der Waals surface area contributed by atoms with Crippen LogP contribution in [0.5, 0.6) is 5.75 Å². The molecule has 0 atom stereocenters. The smallest absolute Gasteiger partial charge is 0.343 e. The molecule has 2 aromatic rings. The molecule has 0 aliphatic carbocycles. The van der Waals surface area contributed by atoms with Gasteiger partial charge in [0.05, 0.1) is 11.3 Å². The van der Waals surface area contributed by atoms with E-state index in [1.807, 2.05) is 4.90 Å². The molecule has 8 heteroatoms. The van der Waals surface area contributed by atoms with E-state index < -0.39 is 16.0 Å². The lowest BCUT2D eigenvalue weighted by Crippen LogP contribution is -2.35. The summed E-state index contributed by atoms with van der Waals surface area (Å²) < 4.78 is 34.5. The van der Waals surface area contributed by atoms with Gasteiger partial charge in [0.2, 0.25) is 0 Å². The summed E-state index contributed by atoms with van der Waals surface area (Å²) in [5.74, 6) is 0.219. The molecule has 27 heavy (non-hydrogen) atoms. The third-order valence-corrected chi connectivity index (χ3v) is 6.16. The fourth-order valence-electron chi connectivity index (χ4n) is 3.30. The van der Waals surface area contributed by atoms with Gasteiger partial charge in [0.15, 0.2) is 0 Å². The average Bonchev–Trinajstić information content (AvgIpc) is 2.86. The van der Waals surface area contributed by atoms with Crippen LogP contribution < -0.4 is 9.64 Å². The van der Waals surface area contributed by atoms with Crippen molar-refractivity contribution in [2.45, 2.75) is 30.6 Å². The molecule has 0 spiro atoms. The van der Waals surface area contributed by atoms with E-state index in [0.29, 0.717) is 35.3 Å². The van der Waals surface area contributed by atoms with Gasteiger partial charge in [-0.25, -0.2) is 4.79 Å². The summed E-state index contributed by atoms with van der Waals surface area (Å²) in [5, 5.41) is 0.441. The summed E-state index contributed by atoms with van der Waals surface area (Å²) in [6.45, 7) is 0.716. The number of ether oxygens (including phenoxy) is 1. The summed E-state index contributed by atoms with van der Waals surface area (Å²) in [6, 6.07) is 11.0. The van der Waals surface area contributed by atoms with Crippen molar-refractivity contribution in [2.75, 3.05) is 11.4 Å². The third kappa shape index (κ3) is 3.57. The summed E-state index contributed by atoms with van der Waals surface area (Å²) in [4.78, 5) is 14.4. The molecule has 1 saturated heterocycles. The Hall–Kier alpha value is -2.38. The van der Waals surface area contributed by atoms with Crippen LogP contribution in [-0.4, -0.2) is 26.8 Å². The van der Waals surface area contributed by atoms with Gasteiger partial charge in [0.25, 0.3) is 10.0 Å². The average molecular weight is 405 g/mol. The second-order valence-corrected chi connectivity index (χ2v) is 8.48. The van der Waals surface area contributed by atoms with Gasteiger partial charge in [-0.15, -0.1) is 4.40 Å². The van der Waals surface area contributed by atoms with Crippen LogP contribution in [0.15, 0.2) is 51.8 Å². The van der Waals surface area contributed by atoms with Gasteiger partial charge in [-0.1, -0.05) is 24.1 Å². The van der Waals surface area contributed by atoms with Gasteiger partial charge < -0.3 is 9.64 Å². The number of esters is 1. The van der Waals surface area contributed by atoms with Crippen molar-refractivity contribution in [3.8, 4) is 5.75 Å². The second-order valence-electron chi connectivity index (χ2n) is 6.47. The number of rotatable bonds is 2. The molecule has 2 heterocycles. The van der Waals surface area contributed by atoms with Crippen molar-refractivity contribution >= 4 is 39.1 Å². The molecule has 6 nitrogen and oxygen atoms in total. The first-order valence-electron chi connectivity index (χ1n) is 8.67. The van der Waals surface area contributed by atoms with Crippen molar-refractivity contribution < 1.29 is 17.9 Å². The number of carbonyl (C=O) groups is 1. The van der Waals surface area contributed by atoms with Gasteiger partial charge >= 0.3 is 5.97 Å². The molecule has 2 aromatic carbocycles. The minimum absolute atomic E-state index is 0.0358. The standard InChI is InChI=1S/C19H17ClN2O4S/c20-14-5-4-6-15(12-14)26-19(23)13-8-9-16-17(11-13)27(24,25)21-18-7-2-1-3-10-22(16)18/h4-6,8-9,11-12H,1-3,7,10H2. The zero-order valence-electron chi connectivity index (χ0n) is 14.4. The molecular weight excluding hydrogens is 388 g/mol. The summed E-state index contributed by atoms with van der Waals surface area (Å²) in [6.07, 6.45) is 3.56. The molecule has 2 aliphatic heterocycles. The molecule has 0 bridgehead atoms. The number of hydrogen-bond donors (Lipinski definition) is 0. The Bertz CT molecular complexity index is 1050. The number of anilines is 1. The van der Waals surface area contributed by atoms with E-state index in [-0.39, 0.29) is 10.5 Å². The molecule has 0 unspecified atom stereocenters. The molecule has 0 radical (unpaired) electrons. The fourth-order valence-corrected chi connectivity index (χ4v) is 4.77. The van der Waals surface area contributed by atoms with Crippen LogP contribution in [0, 0.1) is 0 Å². The highest BCUT2D eigenvalue weighted by molar-refractivity contribution is 7.90. The molecule has 0 saturated carbocycles. The van der Waals surface area contributed by atoms with E-state index in [2.05, 4.69) is 4.40 Å². The number of carbonyl (C=O) groups excluding carboxylic acids is 1. The summed E-state index contributed by atoms with van der Waals surface area (Å²) in [5.41, 5.74) is 0.715. The van der Waals surface area contributed by atoms with Gasteiger partial charge in [-0.2, -0.15) is 8.42 Å². The van der Waals surface area contributed by atoms with Gasteiger partial charge in [0, 0.05) is 18.0 Å². The number of amidine groups is 1. The maximum atomic E-state index is 12.6. The maximum Gasteiger partial charge on any atom is 0.343 e. The van der Waals surface area contributed by atoms with Crippen molar-refractivity contribution in [1.29, 1.82) is 0 Å². The number of hydrogen-bond acceptors (Lipinski definition) is 5. The zero-order valence-corrected chi connectivity index (χ0v) is 16.0. The van der Waals surface area contributed by atoms with Crippen LogP contribution in [0.2, 0.25) is 5.02 Å². The lowest BCUT2D eigenvalue weighted by molar-refractivity contribution is 0.0734. The highest BCUT2D eigenvalue weighted by Gasteiger charge is 2.32. The molecule has 4 rings (SSSR count). The molecular formula is C19H17ClN2O4S. The number of sulfonamides is 1. The fraction of sp³-hybridized carbons (Fsp3) is 0.263. The van der Waals surface area contributed by atoms with Gasteiger partial charge in [-0.05, 0) is 49.2 Å². The quantitative estimate of drug-likeness (QED) is 0.557. The van der Waals surface area contributed by atoms with Crippen LogP contribution in [0.25, 0.3) is 0 Å². The van der Waals surface area contributed by atoms with Crippen molar-refractivity contribution in [3.05, 3.63) is 53.1 Å². The van der Waals surface area contributed by atoms with Crippen LogP contribution >= 0.6 is 11.6 Å². The monoisotopic (exact) mass is 404 g/mol. The molecule has 1 fully saturated rings. The molecule has 2 aliphatic rings. The Morgan fingerprint density at radius 1 is 1.11 bits per heavy atom. The highest BCUT2D eigenvalue weighted by Crippen LogP contribution is 2.35. The first kappa shape index (κ1) is 18.0. The van der Waals surface area contributed by atoms with Crippen LogP contribution in [0.1, 0.15) is 36.0 Å². The van der Waals surface area contributed by atoms with E-state index in [4.69, 9.17) is 16.3 Å². The Morgan fingerprint density at radius 2 is 1.96 bits per heavy atom. The topological polar surface area (TPSA) is 76.0 Å². The number of halogens is 1. The van der Waals surface area contributed by atoms with Crippen molar-refractivity contribution in [1.82, 2.24) is 0 Å². The van der Waals surface area contributed by atoms with Gasteiger partial charge in [-0.3, -0.25) is 0 Å². The van der Waals surface area contributed by atoms with Gasteiger partial charge in [0.1, 0.15) is 16.5 Å². The second kappa shape index (κ2) is 6.98. The van der Waals surface area contributed by atoms with E-state index in [0.717, 1.165) is 19.3 Å². The van der Waals surface area contributed by atoms with Crippen molar-refractivity contribution in [3.63, 3.8) is 0 Å². The molecule has 0 amide bonds. The predicted molar refractivity (Wildman–Crippen MR) is 103 cm³/mol. The first-order valence-corrected chi connectivity index (χ1v) is 10.5. The van der Waals surface area contributed by atoms with E-state index in [1.165, 1.54) is 12.1 Å². The number of fused-ring (bicyclic) bond motifs is 3. The maximum absolute atomic E-state index is 12.6. The third-order valence-electron chi connectivity index (χ3n) is 4.59. The minimum atomic E-state index is -3.85. The Labute approximate surface area is 162 Å². The van der Waals surface area contributed by atoms with Crippen LogP contribution in [0.3, 0.4) is 0 Å². The normalized spacial score (nSPS) is 18.0. The summed E-state index contributed by atoms with van der Waals surface area (Å²) >= 11 is 5.89. The zero-order chi connectivity index (χ0) is 19.0. The Kier molecular flexibility index (Phi) is 4.65. The lowest BCUT2D eigenvalue weighted by Gasteiger charge is -2.29. The molecule has 0 aromatic heterocycles. The van der Waals surface area contributed by atoms with Crippen LogP contribution in [-0.2, 0) is 10.0 Å². The molecule has 0 N–H and O–H groups in total. The predicted octanol–water partition coefficient (Wildman–Crippen LogP) is 4.04. The first-order chi connectivity index (χ1) is 12.9. The lowest BCUT2D eigenvalue weighted by atomic mass is 10.2. The number of benzene rings is 2. The number of nitrogens with zero attached hydrogens (tertiary/aromatic N) is 2. The van der Waals surface area contributed by atoms with Crippen molar-refractivity contribution in [2.24, 2.45) is 4.40 Å². The van der Waals surface area contributed by atoms with E-state index in [1.54, 1.807) is 30.3 Å². The highest BCUT2D eigenvalue weighted by atomic mass is 35.5. The summed E-state index contributed by atoms with van der Waals surface area (Å²) in [7, 11) is -3.85. The largest absolute Gasteiger partial charge is 0.423 e. The SMILES string of the molecule is O=C(Oc1cccc(Cl)c1)c1ccc2c(c1)S(=O)(=O)N=C1CCCCCN12. The van der Waals surface area contributed by atoms with E-state index in [9.17, 15) is 13.2 Å². The van der Waals surface area contributed by atoms with E-state index >= 15 is 0 Å². The van der Waals surface area contributed by atoms with Crippen LogP contribution in [0.4, 0.5) is 5.69 Å².